The summed E-state index contributed by atoms with van der Waals surface area (Å²) in [5.74, 6) is 0. The summed E-state index contributed by atoms with van der Waals surface area (Å²) < 4.78 is 2.19. The first-order valence-corrected chi connectivity index (χ1v) is 6.20. The molecular formula is C12H7Br2N. The molecule has 2 aromatic carbocycles. The standard InChI is InChI=1S/C12H7Br2N/c13-7-5-9(14)12-8-3-1-2-4-10(8)15-11(12)6-7/h1-6,15H. The van der Waals surface area contributed by atoms with Crippen molar-refractivity contribution in [3.8, 4) is 0 Å². The zero-order valence-corrected chi connectivity index (χ0v) is 10.9. The van der Waals surface area contributed by atoms with Crippen molar-refractivity contribution in [1.82, 2.24) is 4.98 Å². The van der Waals surface area contributed by atoms with Gasteiger partial charge in [-0.25, -0.2) is 0 Å². The molecule has 74 valence electrons. The van der Waals surface area contributed by atoms with E-state index in [1.54, 1.807) is 0 Å². The first-order chi connectivity index (χ1) is 7.25. The second-order valence-electron chi connectivity index (χ2n) is 3.48. The molecule has 0 unspecified atom stereocenters. The number of rotatable bonds is 0. The lowest BCUT2D eigenvalue weighted by molar-refractivity contribution is 1.53. The maximum absolute atomic E-state index is 3.60. The number of hydrogen-bond acceptors (Lipinski definition) is 0. The van der Waals surface area contributed by atoms with E-state index >= 15 is 0 Å². The highest BCUT2D eigenvalue weighted by atomic mass is 79.9. The highest BCUT2D eigenvalue weighted by Gasteiger charge is 2.07. The van der Waals surface area contributed by atoms with Gasteiger partial charge in [-0.05, 0) is 18.2 Å². The molecule has 3 heteroatoms. The average Bonchev–Trinajstić information content (AvgIpc) is 2.54. The number of hydrogen-bond donors (Lipinski definition) is 1. The quantitative estimate of drug-likeness (QED) is 0.608. The van der Waals surface area contributed by atoms with Crippen molar-refractivity contribution in [3.63, 3.8) is 0 Å². The Bertz CT molecular complexity index is 655. The Morgan fingerprint density at radius 1 is 0.933 bits per heavy atom. The van der Waals surface area contributed by atoms with Crippen LogP contribution >= 0.6 is 31.9 Å². The largest absolute Gasteiger partial charge is 0.354 e. The van der Waals surface area contributed by atoms with Gasteiger partial charge in [0, 0.05) is 30.8 Å². The topological polar surface area (TPSA) is 15.8 Å². The molecule has 0 fully saturated rings. The van der Waals surface area contributed by atoms with Gasteiger partial charge in [0.1, 0.15) is 0 Å². The van der Waals surface area contributed by atoms with Gasteiger partial charge in [0.25, 0.3) is 0 Å². The third-order valence-electron chi connectivity index (χ3n) is 2.52. The van der Waals surface area contributed by atoms with Crippen LogP contribution in [0.1, 0.15) is 0 Å². The van der Waals surface area contributed by atoms with Crippen molar-refractivity contribution in [2.45, 2.75) is 0 Å². The van der Waals surface area contributed by atoms with Crippen molar-refractivity contribution < 1.29 is 0 Å². The van der Waals surface area contributed by atoms with Gasteiger partial charge in [-0.1, -0.05) is 50.1 Å². The number of aromatic nitrogens is 1. The monoisotopic (exact) mass is 323 g/mol. The fourth-order valence-electron chi connectivity index (χ4n) is 1.90. The third kappa shape index (κ3) is 1.42. The smallest absolute Gasteiger partial charge is 0.0487 e. The van der Waals surface area contributed by atoms with Gasteiger partial charge in [0.2, 0.25) is 0 Å². The summed E-state index contributed by atoms with van der Waals surface area (Å²) in [5, 5.41) is 2.50. The highest BCUT2D eigenvalue weighted by Crippen LogP contribution is 2.33. The lowest BCUT2D eigenvalue weighted by Crippen LogP contribution is -1.71. The molecule has 1 aromatic heterocycles. The van der Waals surface area contributed by atoms with Gasteiger partial charge in [-0.15, -0.1) is 0 Å². The van der Waals surface area contributed by atoms with Crippen LogP contribution in [-0.4, -0.2) is 4.98 Å². The molecule has 0 radical (unpaired) electrons. The minimum atomic E-state index is 1.08. The van der Waals surface area contributed by atoms with E-state index in [-0.39, 0.29) is 0 Å². The van der Waals surface area contributed by atoms with Crippen molar-refractivity contribution in [1.29, 1.82) is 0 Å². The van der Waals surface area contributed by atoms with Crippen LogP contribution in [0.4, 0.5) is 0 Å². The summed E-state index contributed by atoms with van der Waals surface area (Å²) in [6.07, 6.45) is 0. The zero-order chi connectivity index (χ0) is 10.4. The lowest BCUT2D eigenvalue weighted by atomic mass is 10.2. The maximum Gasteiger partial charge on any atom is 0.0487 e. The fourth-order valence-corrected chi connectivity index (χ4v) is 3.34. The summed E-state index contributed by atoms with van der Waals surface area (Å²) >= 11 is 7.09. The molecule has 0 bridgehead atoms. The van der Waals surface area contributed by atoms with Gasteiger partial charge in [-0.3, -0.25) is 0 Å². The molecule has 0 atom stereocenters. The predicted octanol–water partition coefficient (Wildman–Crippen LogP) is 4.85. The van der Waals surface area contributed by atoms with E-state index in [1.165, 1.54) is 16.3 Å². The molecule has 15 heavy (non-hydrogen) atoms. The summed E-state index contributed by atoms with van der Waals surface area (Å²) in [6.45, 7) is 0. The van der Waals surface area contributed by atoms with Crippen molar-refractivity contribution in [2.75, 3.05) is 0 Å². The van der Waals surface area contributed by atoms with Crippen molar-refractivity contribution in [3.05, 3.63) is 45.3 Å². The van der Waals surface area contributed by atoms with E-state index in [2.05, 4.69) is 67.2 Å². The van der Waals surface area contributed by atoms with E-state index in [0.717, 1.165) is 14.5 Å². The van der Waals surface area contributed by atoms with Crippen LogP contribution < -0.4 is 0 Å². The number of H-pyrrole nitrogens is 1. The van der Waals surface area contributed by atoms with E-state index in [9.17, 15) is 0 Å². The number of nitrogens with one attached hydrogen (secondary N) is 1. The van der Waals surface area contributed by atoms with E-state index < -0.39 is 0 Å². The van der Waals surface area contributed by atoms with Crippen LogP contribution in [0.5, 0.6) is 0 Å². The molecule has 0 aliphatic rings. The van der Waals surface area contributed by atoms with Crippen LogP contribution in [-0.2, 0) is 0 Å². The second-order valence-corrected chi connectivity index (χ2v) is 5.25. The van der Waals surface area contributed by atoms with Crippen LogP contribution in [0.15, 0.2) is 45.3 Å². The SMILES string of the molecule is Brc1cc(Br)c2c(c1)[nH]c1ccccc12. The molecule has 0 saturated heterocycles. The van der Waals surface area contributed by atoms with Gasteiger partial charge < -0.3 is 4.98 Å². The van der Waals surface area contributed by atoms with Crippen LogP contribution in [0.25, 0.3) is 21.8 Å². The Hall–Kier alpha value is -0.800. The van der Waals surface area contributed by atoms with E-state index in [0.29, 0.717) is 0 Å². The van der Waals surface area contributed by atoms with Crippen molar-refractivity contribution in [2.24, 2.45) is 0 Å². The average molecular weight is 325 g/mol. The van der Waals surface area contributed by atoms with Gasteiger partial charge in [-0.2, -0.15) is 0 Å². The molecule has 0 saturated carbocycles. The van der Waals surface area contributed by atoms with Gasteiger partial charge in [0.05, 0.1) is 0 Å². The van der Waals surface area contributed by atoms with E-state index in [4.69, 9.17) is 0 Å². The molecule has 0 amide bonds. The Balaban J connectivity index is 2.61. The lowest BCUT2D eigenvalue weighted by Gasteiger charge is -1.96. The number of benzene rings is 2. The molecule has 1 heterocycles. The number of fused-ring (bicyclic) bond motifs is 3. The summed E-state index contributed by atoms with van der Waals surface area (Å²) in [5.41, 5.74) is 2.32. The number of halogens is 2. The Morgan fingerprint density at radius 3 is 2.60 bits per heavy atom. The van der Waals surface area contributed by atoms with Crippen LogP contribution in [0, 0.1) is 0 Å². The normalized spacial score (nSPS) is 11.3. The molecule has 1 N–H and O–H groups in total. The summed E-state index contributed by atoms with van der Waals surface area (Å²) in [6, 6.07) is 12.5. The van der Waals surface area contributed by atoms with Gasteiger partial charge in [0.15, 0.2) is 0 Å². The highest BCUT2D eigenvalue weighted by molar-refractivity contribution is 9.11. The molecule has 0 spiro atoms. The molecule has 3 rings (SSSR count). The molecule has 1 nitrogen and oxygen atoms in total. The Kier molecular flexibility index (Phi) is 2.11. The van der Waals surface area contributed by atoms with E-state index in [1.807, 2.05) is 6.07 Å². The van der Waals surface area contributed by atoms with Crippen LogP contribution in [0.2, 0.25) is 0 Å². The summed E-state index contributed by atoms with van der Waals surface area (Å²) in [4.78, 5) is 3.40. The minimum Gasteiger partial charge on any atom is -0.354 e. The third-order valence-corrected chi connectivity index (χ3v) is 3.60. The molecule has 0 aliphatic heterocycles. The second kappa shape index (κ2) is 3.35. The number of para-hydroxylation sites is 1. The maximum atomic E-state index is 3.60. The zero-order valence-electron chi connectivity index (χ0n) is 7.72. The first-order valence-electron chi connectivity index (χ1n) is 4.61. The van der Waals surface area contributed by atoms with Crippen LogP contribution in [0.3, 0.4) is 0 Å². The molecule has 3 aromatic rings. The summed E-state index contributed by atoms with van der Waals surface area (Å²) in [7, 11) is 0. The Morgan fingerprint density at radius 2 is 1.73 bits per heavy atom. The van der Waals surface area contributed by atoms with Crippen molar-refractivity contribution >= 4 is 53.7 Å². The molecule has 0 aliphatic carbocycles. The number of aromatic amines is 1. The molecular weight excluding hydrogens is 318 g/mol. The fraction of sp³-hybridized carbons (Fsp3) is 0. The predicted molar refractivity (Wildman–Crippen MR) is 71.2 cm³/mol. The minimum absolute atomic E-state index is 1.08. The first kappa shape index (κ1) is 9.43. The van der Waals surface area contributed by atoms with Gasteiger partial charge >= 0.3 is 0 Å². The Labute approximate surface area is 104 Å².